The fourth-order valence-corrected chi connectivity index (χ4v) is 6.09. The molecule has 0 radical (unpaired) electrons. The highest BCUT2D eigenvalue weighted by atomic mass is 35.5. The van der Waals surface area contributed by atoms with Gasteiger partial charge in [-0.15, -0.1) is 0 Å². The molecule has 0 bridgehead atoms. The number of carbonyl (C=O) groups is 2. The van der Waals surface area contributed by atoms with Crippen LogP contribution in [0.4, 0.5) is 5.69 Å². The Balaban J connectivity index is 2.08. The van der Waals surface area contributed by atoms with Crippen molar-refractivity contribution in [2.45, 2.75) is 58.5 Å². The molecule has 1 atom stereocenters. The number of amides is 2. The first-order valence-electron chi connectivity index (χ1n) is 13.0. The first kappa shape index (κ1) is 31.5. The first-order valence-corrected chi connectivity index (χ1v) is 15.2. The fraction of sp³-hybridized carbons (Fsp3) is 0.333. The lowest BCUT2D eigenvalue weighted by Gasteiger charge is -2.32. The Morgan fingerprint density at radius 3 is 2.20 bits per heavy atom. The smallest absolute Gasteiger partial charge is 0.264 e. The van der Waals surface area contributed by atoms with Crippen molar-refractivity contribution in [3.8, 4) is 0 Å². The molecule has 3 aromatic rings. The van der Waals surface area contributed by atoms with E-state index in [0.717, 1.165) is 21.9 Å². The summed E-state index contributed by atoms with van der Waals surface area (Å²) < 4.78 is 29.1. The Labute approximate surface area is 247 Å². The third-order valence-corrected chi connectivity index (χ3v) is 8.95. The van der Waals surface area contributed by atoms with Crippen LogP contribution in [0.5, 0.6) is 0 Å². The van der Waals surface area contributed by atoms with Crippen LogP contribution in [0.3, 0.4) is 0 Å². The minimum absolute atomic E-state index is 0.0131. The maximum absolute atomic E-state index is 14.0. The predicted octanol–water partition coefficient (Wildman–Crippen LogP) is 6.06. The van der Waals surface area contributed by atoms with Gasteiger partial charge in [0.1, 0.15) is 12.6 Å². The van der Waals surface area contributed by atoms with E-state index >= 15 is 0 Å². The normalized spacial score (nSPS) is 12.1. The number of anilines is 1. The average Bonchev–Trinajstić information content (AvgIpc) is 2.91. The van der Waals surface area contributed by atoms with Gasteiger partial charge in [0, 0.05) is 23.1 Å². The van der Waals surface area contributed by atoms with E-state index in [4.69, 9.17) is 23.2 Å². The number of halogens is 2. The third kappa shape index (κ3) is 7.56. The van der Waals surface area contributed by atoms with E-state index in [9.17, 15) is 18.0 Å². The second-order valence-corrected chi connectivity index (χ2v) is 12.5. The van der Waals surface area contributed by atoms with E-state index in [1.165, 1.54) is 17.0 Å². The van der Waals surface area contributed by atoms with Crippen LogP contribution in [0.2, 0.25) is 10.0 Å². The molecule has 10 heteroatoms. The molecule has 0 spiro atoms. The Hall–Kier alpha value is -3.07. The number of rotatable bonds is 11. The van der Waals surface area contributed by atoms with Gasteiger partial charge in [-0.1, -0.05) is 66.0 Å². The molecule has 0 unspecified atom stereocenters. The quantitative estimate of drug-likeness (QED) is 0.289. The summed E-state index contributed by atoms with van der Waals surface area (Å²) in [5.74, 6) is -0.901. The lowest BCUT2D eigenvalue weighted by Crippen LogP contribution is -2.51. The average molecular weight is 605 g/mol. The molecule has 0 aliphatic rings. The molecule has 3 rings (SSSR count). The van der Waals surface area contributed by atoms with E-state index in [-0.39, 0.29) is 17.3 Å². The predicted molar refractivity (Wildman–Crippen MR) is 161 cm³/mol. The highest BCUT2D eigenvalue weighted by Gasteiger charge is 2.33. The topological polar surface area (TPSA) is 86.8 Å². The summed E-state index contributed by atoms with van der Waals surface area (Å²) in [7, 11) is -4.14. The Bertz CT molecular complexity index is 1480. The van der Waals surface area contributed by atoms with Crippen molar-refractivity contribution in [1.82, 2.24) is 10.2 Å². The Kier molecular flexibility index (Phi) is 10.6. The van der Waals surface area contributed by atoms with Crippen LogP contribution in [-0.4, -0.2) is 44.3 Å². The van der Waals surface area contributed by atoms with Crippen molar-refractivity contribution in [1.29, 1.82) is 0 Å². The standard InChI is InChI=1S/C30H35Cl2N3O4S/c1-6-15-33-30(37)23(5)34(18-24-11-12-25(31)17-27(24)32)29(36)19-35(28-16-21(3)7-10-22(28)4)40(38,39)26-13-8-20(2)9-14-26/h7-14,16-17,23H,6,15,18-19H2,1-5H3,(H,33,37)/t23-/m1/s1. The molecule has 40 heavy (non-hydrogen) atoms. The first-order chi connectivity index (χ1) is 18.8. The summed E-state index contributed by atoms with van der Waals surface area (Å²) in [6.45, 7) is 8.98. The summed E-state index contributed by atoms with van der Waals surface area (Å²) in [6.07, 6.45) is 0.727. The van der Waals surface area contributed by atoms with Gasteiger partial charge in [-0.05, 0) is 81.1 Å². The van der Waals surface area contributed by atoms with E-state index in [1.807, 2.05) is 32.9 Å². The molecular formula is C30H35Cl2N3O4S. The van der Waals surface area contributed by atoms with Gasteiger partial charge in [0.25, 0.3) is 10.0 Å². The molecule has 7 nitrogen and oxygen atoms in total. The van der Waals surface area contributed by atoms with Gasteiger partial charge in [0.15, 0.2) is 0 Å². The molecule has 3 aromatic carbocycles. The number of benzene rings is 3. The van der Waals surface area contributed by atoms with Crippen molar-refractivity contribution in [3.63, 3.8) is 0 Å². The molecule has 2 amide bonds. The van der Waals surface area contributed by atoms with Crippen molar-refractivity contribution >= 4 is 50.7 Å². The van der Waals surface area contributed by atoms with E-state index in [2.05, 4.69) is 5.32 Å². The summed E-state index contributed by atoms with van der Waals surface area (Å²) in [5, 5.41) is 3.60. The summed E-state index contributed by atoms with van der Waals surface area (Å²) in [4.78, 5) is 28.4. The van der Waals surface area contributed by atoms with Crippen LogP contribution in [0.1, 0.15) is 42.5 Å². The number of nitrogens with zero attached hydrogens (tertiary/aromatic N) is 2. The van der Waals surface area contributed by atoms with E-state index in [1.54, 1.807) is 50.2 Å². The zero-order valence-electron chi connectivity index (χ0n) is 23.4. The minimum atomic E-state index is -4.14. The third-order valence-electron chi connectivity index (χ3n) is 6.59. The minimum Gasteiger partial charge on any atom is -0.354 e. The van der Waals surface area contributed by atoms with Gasteiger partial charge >= 0.3 is 0 Å². The van der Waals surface area contributed by atoms with Gasteiger partial charge in [0.05, 0.1) is 10.6 Å². The second-order valence-electron chi connectivity index (χ2n) is 9.84. The molecule has 0 aliphatic heterocycles. The van der Waals surface area contributed by atoms with Gasteiger partial charge in [-0.2, -0.15) is 0 Å². The zero-order chi connectivity index (χ0) is 29.6. The number of sulfonamides is 1. The maximum atomic E-state index is 14.0. The van der Waals surface area contributed by atoms with Gasteiger partial charge < -0.3 is 10.2 Å². The molecule has 214 valence electrons. The summed E-state index contributed by atoms with van der Waals surface area (Å²) in [5.41, 5.74) is 3.41. The van der Waals surface area contributed by atoms with Crippen LogP contribution < -0.4 is 9.62 Å². The number of carbonyl (C=O) groups excluding carboxylic acids is 2. The van der Waals surface area contributed by atoms with Crippen molar-refractivity contribution in [2.24, 2.45) is 0 Å². The van der Waals surface area contributed by atoms with Crippen molar-refractivity contribution in [3.05, 3.63) is 93.0 Å². The highest BCUT2D eigenvalue weighted by molar-refractivity contribution is 7.92. The Morgan fingerprint density at radius 1 is 0.925 bits per heavy atom. The largest absolute Gasteiger partial charge is 0.354 e. The van der Waals surface area contributed by atoms with Gasteiger partial charge in [-0.3, -0.25) is 13.9 Å². The number of aryl methyl sites for hydroxylation is 3. The molecular weight excluding hydrogens is 569 g/mol. The van der Waals surface area contributed by atoms with Crippen LogP contribution in [0.15, 0.2) is 65.6 Å². The lowest BCUT2D eigenvalue weighted by molar-refractivity contribution is -0.139. The monoisotopic (exact) mass is 603 g/mol. The second kappa shape index (κ2) is 13.5. The van der Waals surface area contributed by atoms with Crippen LogP contribution in [0.25, 0.3) is 0 Å². The zero-order valence-corrected chi connectivity index (χ0v) is 25.7. The van der Waals surface area contributed by atoms with Crippen LogP contribution in [-0.2, 0) is 26.2 Å². The molecule has 0 aliphatic carbocycles. The lowest BCUT2D eigenvalue weighted by atomic mass is 10.1. The molecule has 1 N–H and O–H groups in total. The van der Waals surface area contributed by atoms with Gasteiger partial charge in [0.2, 0.25) is 11.8 Å². The maximum Gasteiger partial charge on any atom is 0.264 e. The highest BCUT2D eigenvalue weighted by Crippen LogP contribution is 2.29. The van der Waals surface area contributed by atoms with Crippen molar-refractivity contribution < 1.29 is 18.0 Å². The number of nitrogens with one attached hydrogen (secondary N) is 1. The summed E-state index contributed by atoms with van der Waals surface area (Å²) in [6, 6.07) is 15.9. The summed E-state index contributed by atoms with van der Waals surface area (Å²) >= 11 is 12.5. The molecule has 0 fully saturated rings. The SMILES string of the molecule is CCCNC(=O)[C@@H](C)N(Cc1ccc(Cl)cc1Cl)C(=O)CN(c1cc(C)ccc1C)S(=O)(=O)c1ccc(C)cc1. The Morgan fingerprint density at radius 2 is 1.57 bits per heavy atom. The molecule has 0 aromatic heterocycles. The van der Waals surface area contributed by atoms with Crippen LogP contribution in [0, 0.1) is 20.8 Å². The molecule has 0 saturated heterocycles. The molecule has 0 heterocycles. The fourth-order valence-electron chi connectivity index (χ4n) is 4.15. The van der Waals surface area contributed by atoms with Crippen LogP contribution >= 0.6 is 23.2 Å². The van der Waals surface area contributed by atoms with Crippen molar-refractivity contribution in [2.75, 3.05) is 17.4 Å². The van der Waals surface area contributed by atoms with E-state index < -0.39 is 28.5 Å². The number of hydrogen-bond acceptors (Lipinski definition) is 4. The van der Waals surface area contributed by atoms with Gasteiger partial charge in [-0.25, -0.2) is 8.42 Å². The molecule has 0 saturated carbocycles. The number of hydrogen-bond donors (Lipinski definition) is 1. The van der Waals surface area contributed by atoms with E-state index in [0.29, 0.717) is 33.4 Å².